The van der Waals surface area contributed by atoms with Gasteiger partial charge in [0.15, 0.2) is 0 Å². The molecule has 0 unspecified atom stereocenters. The van der Waals surface area contributed by atoms with E-state index in [0.717, 1.165) is 51.4 Å². The van der Waals surface area contributed by atoms with Crippen LogP contribution in [0.4, 0.5) is 0 Å². The van der Waals surface area contributed by atoms with E-state index in [1.165, 1.54) is 0 Å². The predicted molar refractivity (Wildman–Crippen MR) is 94.6 cm³/mol. The molecule has 0 saturated heterocycles. The Morgan fingerprint density at radius 1 is 0.364 bits per heavy atom. The quantitative estimate of drug-likeness (QED) is 0.165. The van der Waals surface area contributed by atoms with Crippen LogP contribution in [0, 0.1) is 0 Å². The second-order valence-corrected chi connectivity index (χ2v) is 6.29. The van der Waals surface area contributed by atoms with Crippen molar-refractivity contribution in [2.24, 2.45) is 0 Å². The summed E-state index contributed by atoms with van der Waals surface area (Å²) < 4.78 is 0. The van der Waals surface area contributed by atoms with Crippen molar-refractivity contribution in [2.45, 2.75) is 130 Å². The van der Waals surface area contributed by atoms with E-state index in [0.29, 0.717) is 0 Å². The summed E-state index contributed by atoms with van der Waals surface area (Å²) in [6.45, 7) is 7.84. The molecule has 0 aliphatic rings. The molecule has 13 heteroatoms. The number of rotatable bonds is 12. The fourth-order valence-electron chi connectivity index (χ4n) is 1.48. The molecule has 0 radical (unpaired) electrons. The van der Waals surface area contributed by atoms with Crippen molar-refractivity contribution < 1.29 is 117 Å². The van der Waals surface area contributed by atoms with Gasteiger partial charge in [0.1, 0.15) is 0 Å². The second-order valence-electron chi connectivity index (χ2n) is 6.29. The number of hydrogen-bond donors (Lipinski definition) is 0. The first-order chi connectivity index (χ1) is 13.1. The Balaban J connectivity index is -0.0000000316. The molecule has 0 fully saturated rings. The largest absolute Gasteiger partial charge is 4.00 e. The van der Waals surface area contributed by atoms with E-state index in [1.807, 2.05) is 27.7 Å². The molecular formula is C20H40O10Ti3. The van der Waals surface area contributed by atoms with E-state index in [-0.39, 0.29) is 102 Å². The molecular weight excluding hydrogens is 544 g/mol. The molecule has 0 aromatic rings. The van der Waals surface area contributed by atoms with Gasteiger partial charge in [-0.15, -0.1) is 0 Å². The normalized spacial score (nSPS) is 8.73. The van der Waals surface area contributed by atoms with Gasteiger partial charge in [-0.25, -0.2) is 25.2 Å². The van der Waals surface area contributed by atoms with Gasteiger partial charge in [-0.2, -0.15) is 0 Å². The van der Waals surface area contributed by atoms with E-state index >= 15 is 0 Å². The standard InChI is InChI=1S/4C5H10O2.2O.3Ti/c4*1-2-3-4-5(6)7;;;;;/h4*5H,2-4H2,1H3;;;;;/q6*-2;3*+4. The molecule has 0 spiro atoms. The molecule has 33 heavy (non-hydrogen) atoms. The van der Waals surface area contributed by atoms with E-state index in [9.17, 15) is 40.9 Å². The Kier molecular flexibility index (Phi) is 98.7. The molecule has 0 amide bonds. The summed E-state index contributed by atoms with van der Waals surface area (Å²) in [5, 5.41) is 77.8. The van der Waals surface area contributed by atoms with Crippen LogP contribution < -0.4 is 40.9 Å². The van der Waals surface area contributed by atoms with Crippen molar-refractivity contribution in [3.05, 3.63) is 0 Å². The number of unbranched alkanes of at least 4 members (excludes halogenated alkanes) is 4. The molecule has 0 aromatic carbocycles. The van der Waals surface area contributed by atoms with Gasteiger partial charge in [0.05, 0.1) is 0 Å². The van der Waals surface area contributed by atoms with Gasteiger partial charge in [0.2, 0.25) is 0 Å². The van der Waals surface area contributed by atoms with Gasteiger partial charge in [-0.05, 0) is 0 Å². The average Bonchev–Trinajstić information content (AvgIpc) is 2.62. The van der Waals surface area contributed by atoms with Crippen LogP contribution in [0.2, 0.25) is 0 Å². The third kappa shape index (κ3) is 108. The maximum Gasteiger partial charge on any atom is 4.00 e. The van der Waals surface area contributed by atoms with Crippen LogP contribution in [0.1, 0.15) is 105 Å². The molecule has 0 heterocycles. The third-order valence-electron chi connectivity index (χ3n) is 3.17. The minimum absolute atomic E-state index is 0. The van der Waals surface area contributed by atoms with Crippen molar-refractivity contribution in [1.29, 1.82) is 0 Å². The first-order valence-corrected chi connectivity index (χ1v) is 10.3. The van der Waals surface area contributed by atoms with Gasteiger partial charge in [-0.3, -0.25) is 0 Å². The Labute approximate surface area is 245 Å². The summed E-state index contributed by atoms with van der Waals surface area (Å²) in [6.07, 6.45) is 1.65. The van der Waals surface area contributed by atoms with Crippen LogP contribution >= 0.6 is 0 Å². The summed E-state index contributed by atoms with van der Waals surface area (Å²) in [4.78, 5) is 0. The Morgan fingerprint density at radius 3 is 0.515 bits per heavy atom. The summed E-state index contributed by atoms with van der Waals surface area (Å²) in [6, 6.07) is 0. The SMILES string of the molecule is CCCCC([O-])[O-].CCCCC([O-])[O-].CCCCC([O-])[O-].CCCCC([O-])[O-].[O-2].[O-2].[Ti+4].[Ti+4].[Ti+4]. The van der Waals surface area contributed by atoms with Crippen LogP contribution in [0.5, 0.6) is 0 Å². The van der Waals surface area contributed by atoms with Crippen LogP contribution in [-0.4, -0.2) is 25.2 Å². The van der Waals surface area contributed by atoms with E-state index in [4.69, 9.17) is 0 Å². The van der Waals surface area contributed by atoms with Crippen LogP contribution in [0.25, 0.3) is 0 Å². The molecule has 10 nitrogen and oxygen atoms in total. The Hall–Kier alpha value is 1.74. The molecule has 0 aromatic heterocycles. The average molecular weight is 584 g/mol. The van der Waals surface area contributed by atoms with Crippen LogP contribution in [0.3, 0.4) is 0 Å². The van der Waals surface area contributed by atoms with Gasteiger partial charge in [0.25, 0.3) is 0 Å². The number of hydrogen-bond acceptors (Lipinski definition) is 8. The van der Waals surface area contributed by atoms with Crippen LogP contribution in [-0.2, 0) is 76.1 Å². The predicted octanol–water partition coefficient (Wildman–Crippen LogP) is -3.35. The van der Waals surface area contributed by atoms with Gasteiger partial charge in [0, 0.05) is 0 Å². The summed E-state index contributed by atoms with van der Waals surface area (Å²) in [5.41, 5.74) is 0. The smallest absolute Gasteiger partial charge is 2.00 e. The maximum absolute atomic E-state index is 9.73. The monoisotopic (exact) mass is 584 g/mol. The molecule has 0 atom stereocenters. The molecule has 0 bridgehead atoms. The fraction of sp³-hybridized carbons (Fsp3) is 1.00. The zero-order valence-corrected chi connectivity index (χ0v) is 25.1. The van der Waals surface area contributed by atoms with E-state index < -0.39 is 25.2 Å². The topological polar surface area (TPSA) is 241 Å². The molecule has 0 rings (SSSR count). The van der Waals surface area contributed by atoms with Crippen molar-refractivity contribution in [3.63, 3.8) is 0 Å². The molecule has 0 saturated carbocycles. The Bertz CT molecular complexity index is 206. The summed E-state index contributed by atoms with van der Waals surface area (Å²) >= 11 is 0. The van der Waals surface area contributed by atoms with E-state index in [2.05, 4.69) is 0 Å². The second kappa shape index (κ2) is 54.6. The molecule has 0 aliphatic heterocycles. The molecule has 0 N–H and O–H groups in total. The minimum Gasteiger partial charge on any atom is -2.00 e. The molecule has 192 valence electrons. The first kappa shape index (κ1) is 59.7. The third-order valence-corrected chi connectivity index (χ3v) is 3.17. The Morgan fingerprint density at radius 2 is 0.485 bits per heavy atom. The summed E-state index contributed by atoms with van der Waals surface area (Å²) in [5.74, 6) is 0. The van der Waals surface area contributed by atoms with E-state index in [1.54, 1.807) is 0 Å². The summed E-state index contributed by atoms with van der Waals surface area (Å²) in [7, 11) is 0. The van der Waals surface area contributed by atoms with Crippen molar-refractivity contribution in [3.8, 4) is 0 Å². The van der Waals surface area contributed by atoms with Gasteiger partial charge < -0.3 is 51.8 Å². The maximum atomic E-state index is 9.73. The van der Waals surface area contributed by atoms with Crippen molar-refractivity contribution in [1.82, 2.24) is 0 Å². The zero-order valence-electron chi connectivity index (χ0n) is 20.4. The van der Waals surface area contributed by atoms with Crippen molar-refractivity contribution in [2.75, 3.05) is 0 Å². The fourth-order valence-corrected chi connectivity index (χ4v) is 1.48. The van der Waals surface area contributed by atoms with Crippen LogP contribution in [0.15, 0.2) is 0 Å². The first-order valence-electron chi connectivity index (χ1n) is 10.3. The van der Waals surface area contributed by atoms with Gasteiger partial charge >= 0.3 is 65.2 Å². The minimum atomic E-state index is -1.60. The zero-order chi connectivity index (χ0) is 22.8. The van der Waals surface area contributed by atoms with Crippen molar-refractivity contribution >= 4 is 0 Å². The molecule has 0 aliphatic carbocycles. The van der Waals surface area contributed by atoms with Gasteiger partial charge in [-0.1, -0.05) is 105 Å².